The fraction of sp³-hybridized carbons (Fsp3) is 0.222. The Bertz CT molecular complexity index is 760. The van der Waals surface area contributed by atoms with Gasteiger partial charge in [-0.25, -0.2) is 0 Å². The Morgan fingerprint density at radius 3 is 2.67 bits per heavy atom. The molecule has 6 heteroatoms. The van der Waals surface area contributed by atoms with E-state index in [4.69, 9.17) is 21.2 Å². The molecule has 24 heavy (non-hydrogen) atoms. The molecule has 2 aromatic carbocycles. The molecule has 0 aromatic heterocycles. The third-order valence-electron chi connectivity index (χ3n) is 3.42. The molecule has 2 rings (SSSR count). The molecule has 2 aromatic rings. The van der Waals surface area contributed by atoms with Crippen LogP contribution in [0.3, 0.4) is 0 Å². The highest BCUT2D eigenvalue weighted by Crippen LogP contribution is 2.22. The highest BCUT2D eigenvalue weighted by atomic mass is 35.5. The molecule has 1 N–H and O–H groups in total. The summed E-state index contributed by atoms with van der Waals surface area (Å²) in [5.41, 5.74) is 2.62. The van der Waals surface area contributed by atoms with Crippen molar-refractivity contribution < 1.29 is 14.4 Å². The number of oxime groups is 1. The molecule has 0 heterocycles. The first-order chi connectivity index (χ1) is 11.6. The van der Waals surface area contributed by atoms with Crippen molar-refractivity contribution in [2.45, 2.75) is 13.5 Å². The number of likely N-dealkylation sites (N-methyl/N-ethyl adjacent to an activating group) is 1. The molecule has 5 nitrogen and oxygen atoms in total. The van der Waals surface area contributed by atoms with Gasteiger partial charge in [0, 0.05) is 17.6 Å². The third kappa shape index (κ3) is 4.26. The minimum atomic E-state index is -0.327. The zero-order valence-corrected chi connectivity index (χ0v) is 14.6. The standard InChI is InChI=1S/C18H19ClN2O3/c1-12-10-14(8-9-16(12)19)24-11-13-6-4-5-7-15(13)17(21-23-3)18(22)20-2/h4-10H,11H2,1-3H3,(H,20,22). The Labute approximate surface area is 146 Å². The van der Waals surface area contributed by atoms with Crippen molar-refractivity contribution in [3.63, 3.8) is 0 Å². The topological polar surface area (TPSA) is 59.9 Å². The van der Waals surface area contributed by atoms with Crippen molar-refractivity contribution in [3.8, 4) is 5.75 Å². The third-order valence-corrected chi connectivity index (χ3v) is 3.85. The first-order valence-corrected chi connectivity index (χ1v) is 7.75. The largest absolute Gasteiger partial charge is 0.489 e. The van der Waals surface area contributed by atoms with E-state index in [0.717, 1.165) is 11.1 Å². The summed E-state index contributed by atoms with van der Waals surface area (Å²) in [5, 5.41) is 7.09. The van der Waals surface area contributed by atoms with Crippen LogP contribution in [0.4, 0.5) is 0 Å². The highest BCUT2D eigenvalue weighted by Gasteiger charge is 2.17. The summed E-state index contributed by atoms with van der Waals surface area (Å²) in [7, 11) is 2.95. The van der Waals surface area contributed by atoms with Gasteiger partial charge in [0.2, 0.25) is 0 Å². The monoisotopic (exact) mass is 346 g/mol. The molecular formula is C18H19ClN2O3. The number of hydrogen-bond acceptors (Lipinski definition) is 4. The van der Waals surface area contributed by atoms with E-state index >= 15 is 0 Å². The summed E-state index contributed by atoms with van der Waals surface area (Å²) < 4.78 is 5.82. The number of benzene rings is 2. The van der Waals surface area contributed by atoms with Gasteiger partial charge >= 0.3 is 0 Å². The van der Waals surface area contributed by atoms with Crippen molar-refractivity contribution in [2.75, 3.05) is 14.2 Å². The van der Waals surface area contributed by atoms with Gasteiger partial charge in [-0.05, 0) is 36.2 Å². The number of nitrogens with one attached hydrogen (secondary N) is 1. The second-order valence-electron chi connectivity index (χ2n) is 5.06. The number of amides is 1. The van der Waals surface area contributed by atoms with Crippen molar-refractivity contribution in [1.29, 1.82) is 0 Å². The average molecular weight is 347 g/mol. The van der Waals surface area contributed by atoms with Gasteiger partial charge in [0.05, 0.1) is 0 Å². The quantitative estimate of drug-likeness (QED) is 0.644. The van der Waals surface area contributed by atoms with Crippen molar-refractivity contribution in [2.24, 2.45) is 5.16 Å². The minimum Gasteiger partial charge on any atom is -0.489 e. The van der Waals surface area contributed by atoms with E-state index in [0.29, 0.717) is 16.3 Å². The van der Waals surface area contributed by atoms with E-state index in [9.17, 15) is 4.79 Å². The predicted molar refractivity (Wildman–Crippen MR) is 94.6 cm³/mol. The van der Waals surface area contributed by atoms with Crippen LogP contribution in [-0.4, -0.2) is 25.8 Å². The van der Waals surface area contributed by atoms with Crippen LogP contribution in [0.5, 0.6) is 5.75 Å². The normalized spacial score (nSPS) is 11.1. The molecule has 0 aliphatic rings. The second-order valence-corrected chi connectivity index (χ2v) is 5.47. The van der Waals surface area contributed by atoms with Gasteiger partial charge in [-0.2, -0.15) is 0 Å². The van der Waals surface area contributed by atoms with Gasteiger partial charge in [0.25, 0.3) is 5.91 Å². The number of carbonyl (C=O) groups is 1. The maximum atomic E-state index is 12.0. The maximum absolute atomic E-state index is 12.0. The number of carbonyl (C=O) groups excluding carboxylic acids is 1. The molecular weight excluding hydrogens is 328 g/mol. The molecule has 0 bridgehead atoms. The summed E-state index contributed by atoms with van der Waals surface area (Å²) in [6.07, 6.45) is 0. The van der Waals surface area contributed by atoms with Crippen LogP contribution in [0, 0.1) is 6.92 Å². The number of nitrogens with zero attached hydrogens (tertiary/aromatic N) is 1. The van der Waals surface area contributed by atoms with Crippen LogP contribution in [-0.2, 0) is 16.2 Å². The SMILES string of the molecule is CNC(=O)C(=NOC)c1ccccc1COc1ccc(Cl)c(C)c1. The first kappa shape index (κ1) is 17.8. The van der Waals surface area contributed by atoms with Crippen LogP contribution in [0.15, 0.2) is 47.6 Å². The Kier molecular flexibility index (Phi) is 6.21. The molecule has 0 unspecified atom stereocenters. The Hall–Kier alpha value is -2.53. The Morgan fingerprint density at radius 1 is 1.25 bits per heavy atom. The number of halogens is 1. The number of ether oxygens (including phenoxy) is 1. The smallest absolute Gasteiger partial charge is 0.273 e. The van der Waals surface area contributed by atoms with Crippen LogP contribution in [0.2, 0.25) is 5.02 Å². The predicted octanol–water partition coefficient (Wildman–Crippen LogP) is 3.32. The molecule has 0 aliphatic carbocycles. The molecule has 1 amide bonds. The summed E-state index contributed by atoms with van der Waals surface area (Å²) >= 11 is 6.02. The molecule has 0 atom stereocenters. The lowest BCUT2D eigenvalue weighted by molar-refractivity contribution is -0.114. The van der Waals surface area contributed by atoms with E-state index in [-0.39, 0.29) is 18.2 Å². The second kappa shape index (κ2) is 8.36. The molecule has 0 aliphatic heterocycles. The van der Waals surface area contributed by atoms with E-state index in [1.54, 1.807) is 25.2 Å². The lowest BCUT2D eigenvalue weighted by Crippen LogP contribution is -2.29. The van der Waals surface area contributed by atoms with Crippen molar-refractivity contribution >= 4 is 23.2 Å². The Morgan fingerprint density at radius 2 is 2.00 bits per heavy atom. The van der Waals surface area contributed by atoms with Gasteiger partial charge in [-0.15, -0.1) is 0 Å². The van der Waals surface area contributed by atoms with Crippen LogP contribution < -0.4 is 10.1 Å². The molecule has 126 valence electrons. The van der Waals surface area contributed by atoms with Crippen LogP contribution in [0.25, 0.3) is 0 Å². The highest BCUT2D eigenvalue weighted by molar-refractivity contribution is 6.45. The summed E-state index contributed by atoms with van der Waals surface area (Å²) in [6, 6.07) is 12.9. The summed E-state index contributed by atoms with van der Waals surface area (Å²) in [6.45, 7) is 2.20. The van der Waals surface area contributed by atoms with Gasteiger partial charge in [-0.3, -0.25) is 4.79 Å². The number of aryl methyl sites for hydroxylation is 1. The lowest BCUT2D eigenvalue weighted by Gasteiger charge is -2.12. The first-order valence-electron chi connectivity index (χ1n) is 7.37. The van der Waals surface area contributed by atoms with E-state index in [2.05, 4.69) is 10.5 Å². The Balaban J connectivity index is 2.26. The van der Waals surface area contributed by atoms with E-state index in [1.165, 1.54) is 7.11 Å². The van der Waals surface area contributed by atoms with Crippen molar-refractivity contribution in [3.05, 3.63) is 64.2 Å². The van der Waals surface area contributed by atoms with Crippen molar-refractivity contribution in [1.82, 2.24) is 5.32 Å². The molecule has 0 spiro atoms. The fourth-order valence-corrected chi connectivity index (χ4v) is 2.29. The molecule has 0 saturated carbocycles. The average Bonchev–Trinajstić information content (AvgIpc) is 2.60. The lowest BCUT2D eigenvalue weighted by atomic mass is 10.0. The van der Waals surface area contributed by atoms with Gasteiger partial charge < -0.3 is 14.9 Å². The van der Waals surface area contributed by atoms with Crippen LogP contribution in [0.1, 0.15) is 16.7 Å². The minimum absolute atomic E-state index is 0.200. The maximum Gasteiger partial charge on any atom is 0.273 e. The van der Waals surface area contributed by atoms with E-state index in [1.807, 2.05) is 31.2 Å². The fourth-order valence-electron chi connectivity index (χ4n) is 2.17. The van der Waals surface area contributed by atoms with E-state index < -0.39 is 0 Å². The number of rotatable bonds is 6. The molecule has 0 fully saturated rings. The summed E-state index contributed by atoms with van der Waals surface area (Å²) in [4.78, 5) is 16.8. The zero-order valence-electron chi connectivity index (χ0n) is 13.8. The summed E-state index contributed by atoms with van der Waals surface area (Å²) in [5.74, 6) is 0.378. The van der Waals surface area contributed by atoms with Gasteiger partial charge in [-0.1, -0.05) is 41.0 Å². The van der Waals surface area contributed by atoms with Gasteiger partial charge in [0.1, 0.15) is 19.5 Å². The molecule has 0 saturated heterocycles. The number of hydrogen-bond donors (Lipinski definition) is 1. The zero-order chi connectivity index (χ0) is 17.5. The molecule has 0 radical (unpaired) electrons. The van der Waals surface area contributed by atoms with Crippen LogP contribution >= 0.6 is 11.6 Å². The van der Waals surface area contributed by atoms with Gasteiger partial charge in [0.15, 0.2) is 5.71 Å².